The summed E-state index contributed by atoms with van der Waals surface area (Å²) in [6.07, 6.45) is 2.80. The number of hydrogen-bond donors (Lipinski definition) is 3. The Morgan fingerprint density at radius 3 is 2.59 bits per heavy atom. The molecule has 0 aliphatic carbocycles. The third-order valence-electron chi connectivity index (χ3n) is 5.57. The molecular formula is C26H26N4O3S. The van der Waals surface area contributed by atoms with Crippen LogP contribution >= 0.6 is 0 Å². The second-order valence-electron chi connectivity index (χ2n) is 8.22. The second kappa shape index (κ2) is 9.52. The fourth-order valence-corrected chi connectivity index (χ4v) is 4.85. The van der Waals surface area contributed by atoms with Crippen LogP contribution in [0.3, 0.4) is 0 Å². The van der Waals surface area contributed by atoms with Gasteiger partial charge in [0, 0.05) is 30.1 Å². The number of amides is 1. The Hall–Kier alpha value is -3.91. The number of aryl methyl sites for hydroxylation is 1. The van der Waals surface area contributed by atoms with E-state index < -0.39 is 15.9 Å². The minimum atomic E-state index is -3.41. The van der Waals surface area contributed by atoms with E-state index in [0.29, 0.717) is 11.4 Å². The fraction of sp³-hybridized carbons (Fsp3) is 0.154. The summed E-state index contributed by atoms with van der Waals surface area (Å²) in [5.74, 6) is 0.171. The number of hydrogen-bond acceptors (Lipinski definition) is 6. The summed E-state index contributed by atoms with van der Waals surface area (Å²) in [6.45, 7) is 2.05. The number of nitrogens with zero attached hydrogens (tertiary/aromatic N) is 1. The number of carbonyl (C=O) groups is 1. The van der Waals surface area contributed by atoms with Crippen molar-refractivity contribution in [3.8, 4) is 0 Å². The molecule has 1 amide bonds. The lowest BCUT2D eigenvalue weighted by molar-refractivity contribution is -0.122. The van der Waals surface area contributed by atoms with Crippen LogP contribution in [0, 0.1) is 6.92 Å². The fourth-order valence-electron chi connectivity index (χ4n) is 3.90. The van der Waals surface area contributed by atoms with Gasteiger partial charge < -0.3 is 16.4 Å². The minimum absolute atomic E-state index is 0.0893. The minimum Gasteiger partial charge on any atom is -0.383 e. The number of nitrogens with two attached hydrogens (primary N) is 1. The molecule has 0 radical (unpaired) electrons. The Labute approximate surface area is 198 Å². The Bertz CT molecular complexity index is 1470. The van der Waals surface area contributed by atoms with Crippen LogP contribution in [-0.4, -0.2) is 25.6 Å². The molecule has 8 heteroatoms. The van der Waals surface area contributed by atoms with Crippen LogP contribution in [-0.2, 0) is 21.2 Å². The third-order valence-corrected chi connectivity index (χ3v) is 6.77. The van der Waals surface area contributed by atoms with Crippen molar-refractivity contribution in [3.05, 3.63) is 95.7 Å². The number of anilines is 2. The zero-order valence-corrected chi connectivity index (χ0v) is 19.8. The van der Waals surface area contributed by atoms with Crippen molar-refractivity contribution in [1.82, 2.24) is 10.3 Å². The van der Waals surface area contributed by atoms with Gasteiger partial charge in [-0.1, -0.05) is 48.0 Å². The predicted molar refractivity (Wildman–Crippen MR) is 135 cm³/mol. The third kappa shape index (κ3) is 5.18. The number of nitrogen functional groups attached to an aromatic ring is 1. The van der Waals surface area contributed by atoms with Crippen molar-refractivity contribution in [1.29, 1.82) is 0 Å². The molecule has 1 unspecified atom stereocenters. The molecule has 4 N–H and O–H groups in total. The summed E-state index contributed by atoms with van der Waals surface area (Å²) in [5.41, 5.74) is 9.07. The molecule has 0 spiro atoms. The van der Waals surface area contributed by atoms with Gasteiger partial charge in [0.25, 0.3) is 0 Å². The monoisotopic (exact) mass is 474 g/mol. The first-order valence-corrected chi connectivity index (χ1v) is 12.6. The number of benzene rings is 3. The molecule has 34 heavy (non-hydrogen) atoms. The maximum atomic E-state index is 13.4. The molecule has 0 saturated heterocycles. The Kier molecular flexibility index (Phi) is 6.51. The first-order valence-electron chi connectivity index (χ1n) is 10.8. The number of nitrogens with one attached hydrogen (secondary N) is 2. The molecule has 1 aromatic heterocycles. The quantitative estimate of drug-likeness (QED) is 0.373. The highest BCUT2D eigenvalue weighted by molar-refractivity contribution is 7.90. The molecule has 4 aromatic rings. The van der Waals surface area contributed by atoms with Crippen molar-refractivity contribution in [3.63, 3.8) is 0 Å². The molecule has 0 saturated carbocycles. The lowest BCUT2D eigenvalue weighted by Gasteiger charge is -2.21. The van der Waals surface area contributed by atoms with Gasteiger partial charge in [-0.3, -0.25) is 4.79 Å². The van der Waals surface area contributed by atoms with Gasteiger partial charge in [-0.15, -0.1) is 0 Å². The Morgan fingerprint density at radius 2 is 1.82 bits per heavy atom. The Morgan fingerprint density at radius 1 is 1.03 bits per heavy atom. The van der Waals surface area contributed by atoms with Gasteiger partial charge in [0.2, 0.25) is 5.91 Å². The summed E-state index contributed by atoms with van der Waals surface area (Å²) in [4.78, 5) is 17.7. The van der Waals surface area contributed by atoms with E-state index >= 15 is 0 Å². The number of aromatic nitrogens is 1. The maximum absolute atomic E-state index is 13.4. The number of carbonyl (C=O) groups excluding carboxylic acids is 1. The molecule has 0 aliphatic rings. The van der Waals surface area contributed by atoms with E-state index in [4.69, 9.17) is 5.73 Å². The molecular weight excluding hydrogens is 448 g/mol. The largest absolute Gasteiger partial charge is 0.383 e. The summed E-state index contributed by atoms with van der Waals surface area (Å²) < 4.78 is 24.3. The predicted octanol–water partition coefficient (Wildman–Crippen LogP) is 4.00. The highest BCUT2D eigenvalue weighted by Gasteiger charge is 2.22. The van der Waals surface area contributed by atoms with Gasteiger partial charge in [-0.25, -0.2) is 13.4 Å². The molecule has 0 bridgehead atoms. The zero-order chi connectivity index (χ0) is 24.3. The van der Waals surface area contributed by atoms with Crippen LogP contribution in [0.2, 0.25) is 0 Å². The molecule has 7 nitrogen and oxygen atoms in total. The van der Waals surface area contributed by atoms with E-state index in [1.165, 1.54) is 0 Å². The van der Waals surface area contributed by atoms with Gasteiger partial charge in [-0.2, -0.15) is 0 Å². The molecule has 1 atom stereocenters. The average Bonchev–Trinajstić information content (AvgIpc) is 2.80. The summed E-state index contributed by atoms with van der Waals surface area (Å²) >= 11 is 0. The molecule has 3 aromatic carbocycles. The lowest BCUT2D eigenvalue weighted by Crippen LogP contribution is -2.33. The van der Waals surface area contributed by atoms with Crippen molar-refractivity contribution >= 4 is 38.0 Å². The normalized spacial score (nSPS) is 12.3. The maximum Gasteiger partial charge on any atom is 0.247 e. The van der Waals surface area contributed by atoms with Crippen molar-refractivity contribution in [2.45, 2.75) is 24.4 Å². The van der Waals surface area contributed by atoms with E-state index in [2.05, 4.69) is 15.6 Å². The molecule has 1 heterocycles. The van der Waals surface area contributed by atoms with E-state index in [9.17, 15) is 13.2 Å². The molecule has 174 valence electrons. The molecule has 0 aliphatic heterocycles. The second-order valence-corrected chi connectivity index (χ2v) is 10.2. The van der Waals surface area contributed by atoms with Gasteiger partial charge in [-0.05, 0) is 53.8 Å². The molecule has 4 rings (SSSR count). The smallest absolute Gasteiger partial charge is 0.247 e. The summed E-state index contributed by atoms with van der Waals surface area (Å²) in [7, 11) is -3.41. The average molecular weight is 475 g/mol. The van der Waals surface area contributed by atoms with Gasteiger partial charge in [0.1, 0.15) is 11.9 Å². The highest BCUT2D eigenvalue weighted by Crippen LogP contribution is 2.26. The summed E-state index contributed by atoms with van der Waals surface area (Å²) in [5, 5.41) is 7.96. The van der Waals surface area contributed by atoms with Crippen LogP contribution < -0.4 is 16.4 Å². The first-order chi connectivity index (χ1) is 16.2. The van der Waals surface area contributed by atoms with Crippen molar-refractivity contribution in [2.75, 3.05) is 17.3 Å². The van der Waals surface area contributed by atoms with E-state index in [1.54, 1.807) is 30.5 Å². The number of rotatable bonds is 7. The standard InChI is InChI=1S/C26H26N4O3S/c1-17-6-5-8-19(14-17)24(30-21-10-11-22-18(15-21)12-13-28-25(22)27)26(31)29-16-20-7-3-4-9-23(20)34(2,32)33/h3-15,24,30H,16H2,1-2H3,(H2,27,28)(H,29,31). The Balaban J connectivity index is 1.63. The van der Waals surface area contributed by atoms with E-state index in [-0.39, 0.29) is 17.3 Å². The van der Waals surface area contributed by atoms with E-state index in [1.807, 2.05) is 55.5 Å². The van der Waals surface area contributed by atoms with Crippen molar-refractivity contribution < 1.29 is 13.2 Å². The van der Waals surface area contributed by atoms with Gasteiger partial charge in [0.05, 0.1) is 4.90 Å². The SMILES string of the molecule is Cc1cccc(C(Nc2ccc3c(N)nccc3c2)C(=O)NCc2ccccc2S(C)(=O)=O)c1. The highest BCUT2D eigenvalue weighted by atomic mass is 32.2. The van der Waals surface area contributed by atoms with Crippen LogP contribution in [0.15, 0.2) is 83.9 Å². The first kappa shape index (κ1) is 23.3. The van der Waals surface area contributed by atoms with Crippen molar-refractivity contribution in [2.24, 2.45) is 0 Å². The number of sulfone groups is 1. The lowest BCUT2D eigenvalue weighted by atomic mass is 10.0. The van der Waals surface area contributed by atoms with Crippen LogP contribution in [0.4, 0.5) is 11.5 Å². The van der Waals surface area contributed by atoms with Gasteiger partial charge in [0.15, 0.2) is 9.84 Å². The topological polar surface area (TPSA) is 114 Å². The number of fused-ring (bicyclic) bond motifs is 1. The summed E-state index contributed by atoms with van der Waals surface area (Å²) in [6, 6.07) is 21.2. The molecule has 0 fully saturated rings. The van der Waals surface area contributed by atoms with Gasteiger partial charge >= 0.3 is 0 Å². The van der Waals surface area contributed by atoms with Crippen LogP contribution in [0.25, 0.3) is 10.8 Å². The van der Waals surface area contributed by atoms with Crippen LogP contribution in [0.1, 0.15) is 22.7 Å². The number of pyridine rings is 1. The zero-order valence-electron chi connectivity index (χ0n) is 18.9. The van der Waals surface area contributed by atoms with E-state index in [0.717, 1.165) is 33.8 Å². The van der Waals surface area contributed by atoms with Crippen LogP contribution in [0.5, 0.6) is 0 Å².